The summed E-state index contributed by atoms with van der Waals surface area (Å²) in [6, 6.07) is -0.0225. The van der Waals surface area contributed by atoms with Crippen LogP contribution in [0.5, 0.6) is 0 Å². The van der Waals surface area contributed by atoms with Gasteiger partial charge in [0.15, 0.2) is 10.9 Å². The number of anilines is 1. The zero-order chi connectivity index (χ0) is 20.9. The Balaban J connectivity index is 1.91. The van der Waals surface area contributed by atoms with Gasteiger partial charge >= 0.3 is 0 Å². The Morgan fingerprint density at radius 3 is 2.71 bits per heavy atom. The lowest BCUT2D eigenvalue weighted by atomic mass is 9.89. The van der Waals surface area contributed by atoms with E-state index in [0.29, 0.717) is 35.0 Å². The predicted octanol–water partition coefficient (Wildman–Crippen LogP) is 3.07. The van der Waals surface area contributed by atoms with E-state index in [-0.39, 0.29) is 30.1 Å². The molecule has 2 rings (SSSR count). The Morgan fingerprint density at radius 2 is 2.07 bits per heavy atom. The summed E-state index contributed by atoms with van der Waals surface area (Å²) in [5.41, 5.74) is -0.104. The van der Waals surface area contributed by atoms with Crippen LogP contribution in [0.4, 0.5) is 5.13 Å². The molecule has 0 bridgehead atoms. The van der Waals surface area contributed by atoms with Gasteiger partial charge in [0.05, 0.1) is 22.1 Å². The van der Waals surface area contributed by atoms with Gasteiger partial charge in [0.1, 0.15) is 0 Å². The minimum Gasteiger partial charge on any atom is -0.390 e. The van der Waals surface area contributed by atoms with Crippen molar-refractivity contribution in [3.8, 4) is 0 Å². The van der Waals surface area contributed by atoms with Gasteiger partial charge in [0.25, 0.3) is 0 Å². The molecule has 0 unspecified atom stereocenters. The quantitative estimate of drug-likeness (QED) is 0.581. The molecule has 1 aliphatic rings. The number of carbonyl (C=O) groups excluding carboxylic acids is 3. The number of nitrogens with one attached hydrogen (secondary N) is 2. The smallest absolute Gasteiger partial charge is 0.226 e. The number of Topliss-reactive ketones (excluding diaryl/α,β-unsaturated/α-hetero) is 1. The summed E-state index contributed by atoms with van der Waals surface area (Å²) in [6.07, 6.45) is 3.98. The third kappa shape index (κ3) is 6.67. The highest BCUT2D eigenvalue weighted by Crippen LogP contribution is 2.32. The molecule has 0 spiro atoms. The van der Waals surface area contributed by atoms with Crippen molar-refractivity contribution >= 4 is 34.1 Å². The predicted molar refractivity (Wildman–Crippen MR) is 110 cm³/mol. The molecule has 156 valence electrons. The monoisotopic (exact) mass is 409 g/mol. The van der Waals surface area contributed by atoms with Gasteiger partial charge in [-0.2, -0.15) is 0 Å². The molecule has 28 heavy (non-hydrogen) atoms. The fraction of sp³-hybridized carbons (Fsp3) is 0.700. The maximum Gasteiger partial charge on any atom is 0.226 e. The average Bonchev–Trinajstić information content (AvgIpc) is 2.96. The highest BCUT2D eigenvalue weighted by atomic mass is 32.1. The molecule has 0 radical (unpaired) electrons. The number of hydrogen-bond acceptors (Lipinski definition) is 6. The van der Waals surface area contributed by atoms with E-state index in [1.807, 2.05) is 13.8 Å². The summed E-state index contributed by atoms with van der Waals surface area (Å²) in [4.78, 5) is 41.7. The molecule has 1 aliphatic carbocycles. The number of carbonyl (C=O) groups is 3. The largest absolute Gasteiger partial charge is 0.390 e. The van der Waals surface area contributed by atoms with Crippen molar-refractivity contribution < 1.29 is 19.5 Å². The Labute approximate surface area is 170 Å². The van der Waals surface area contributed by atoms with Crippen LogP contribution >= 0.6 is 11.3 Å². The molecule has 1 heterocycles. The molecule has 0 aromatic carbocycles. The van der Waals surface area contributed by atoms with E-state index < -0.39 is 11.5 Å². The normalized spacial score (nSPS) is 17.8. The first-order valence-corrected chi connectivity index (χ1v) is 10.8. The van der Waals surface area contributed by atoms with Crippen LogP contribution in [0.3, 0.4) is 0 Å². The summed E-state index contributed by atoms with van der Waals surface area (Å²) in [6.45, 7) is 7.40. The maximum atomic E-state index is 12.6. The fourth-order valence-electron chi connectivity index (χ4n) is 3.25. The van der Waals surface area contributed by atoms with Gasteiger partial charge in [-0.15, -0.1) is 0 Å². The van der Waals surface area contributed by atoms with Gasteiger partial charge in [-0.05, 0) is 46.5 Å². The first-order valence-electron chi connectivity index (χ1n) is 9.94. The van der Waals surface area contributed by atoms with Crippen molar-refractivity contribution in [1.29, 1.82) is 0 Å². The van der Waals surface area contributed by atoms with E-state index in [2.05, 4.69) is 15.6 Å². The molecular weight excluding hydrogens is 378 g/mol. The maximum absolute atomic E-state index is 12.6. The van der Waals surface area contributed by atoms with Crippen LogP contribution in [-0.4, -0.2) is 39.3 Å². The molecule has 8 heteroatoms. The molecule has 7 nitrogen and oxygen atoms in total. The summed E-state index contributed by atoms with van der Waals surface area (Å²) >= 11 is 1.19. The highest BCUT2D eigenvalue weighted by Gasteiger charge is 2.33. The first kappa shape index (κ1) is 22.5. The van der Waals surface area contributed by atoms with Crippen molar-refractivity contribution in [2.75, 3.05) is 5.32 Å². The van der Waals surface area contributed by atoms with E-state index in [1.54, 1.807) is 13.8 Å². The molecular formula is C20H31N3O4S. The number of ketones is 1. The van der Waals surface area contributed by atoms with Crippen LogP contribution < -0.4 is 10.6 Å². The minimum atomic E-state index is -0.704. The zero-order valence-corrected chi connectivity index (χ0v) is 17.9. The van der Waals surface area contributed by atoms with Gasteiger partial charge in [-0.1, -0.05) is 18.3 Å². The van der Waals surface area contributed by atoms with Crippen molar-refractivity contribution in [2.24, 2.45) is 5.92 Å². The second-order valence-corrected chi connectivity index (χ2v) is 9.23. The number of fused-ring (bicyclic) bond motifs is 1. The number of aliphatic hydroxyl groups is 1. The van der Waals surface area contributed by atoms with E-state index >= 15 is 0 Å². The van der Waals surface area contributed by atoms with Gasteiger partial charge in [-0.3, -0.25) is 14.4 Å². The number of amides is 2. The van der Waals surface area contributed by atoms with Crippen LogP contribution in [-0.2, 0) is 16.0 Å². The van der Waals surface area contributed by atoms with Crippen LogP contribution in [0.25, 0.3) is 0 Å². The second kappa shape index (κ2) is 9.60. The zero-order valence-electron chi connectivity index (χ0n) is 17.1. The van der Waals surface area contributed by atoms with Crippen LogP contribution in [0.2, 0.25) is 0 Å². The van der Waals surface area contributed by atoms with E-state index in [1.165, 1.54) is 11.3 Å². The number of aromatic nitrogens is 1. The Morgan fingerprint density at radius 1 is 1.36 bits per heavy atom. The van der Waals surface area contributed by atoms with Gasteiger partial charge in [0, 0.05) is 25.3 Å². The standard InChI is InChI=1S/C20H31N3O4S/c1-5-7-16(25)23-19-22-14-10-13(11-15(24)17(14)28-19)18(26)21-12(2)8-6-9-20(3,4)27/h12-13,27H,5-11H2,1-4H3,(H,21,26)(H,22,23,25)/t12-,13+/m0/s1. The molecule has 1 aromatic heterocycles. The SMILES string of the molecule is CCCC(=O)Nc1nc2c(s1)C(=O)C[C@H](C(=O)N[C@@H](C)CCCC(C)(C)O)C2. The Bertz CT molecular complexity index is 724. The lowest BCUT2D eigenvalue weighted by molar-refractivity contribution is -0.125. The molecule has 0 saturated heterocycles. The van der Waals surface area contributed by atoms with Crippen LogP contribution in [0, 0.1) is 5.92 Å². The Hall–Kier alpha value is -1.80. The molecule has 2 atom stereocenters. The van der Waals surface area contributed by atoms with Crippen LogP contribution in [0.1, 0.15) is 81.6 Å². The molecule has 1 aromatic rings. The van der Waals surface area contributed by atoms with Gasteiger partial charge < -0.3 is 15.7 Å². The third-order valence-corrected chi connectivity index (χ3v) is 5.78. The van der Waals surface area contributed by atoms with E-state index in [0.717, 1.165) is 19.3 Å². The third-order valence-electron chi connectivity index (χ3n) is 4.73. The van der Waals surface area contributed by atoms with Gasteiger partial charge in [-0.25, -0.2) is 4.98 Å². The van der Waals surface area contributed by atoms with Crippen molar-refractivity contribution in [3.63, 3.8) is 0 Å². The number of thiazole rings is 1. The summed E-state index contributed by atoms with van der Waals surface area (Å²) < 4.78 is 0. The number of hydrogen-bond donors (Lipinski definition) is 3. The topological polar surface area (TPSA) is 108 Å². The molecule has 3 N–H and O–H groups in total. The molecule has 0 aliphatic heterocycles. The minimum absolute atomic E-state index is 0.0225. The highest BCUT2D eigenvalue weighted by molar-refractivity contribution is 7.17. The Kier molecular flexibility index (Phi) is 7.71. The average molecular weight is 410 g/mol. The number of nitrogens with zero attached hydrogens (tertiary/aromatic N) is 1. The van der Waals surface area contributed by atoms with Crippen molar-refractivity contribution in [1.82, 2.24) is 10.3 Å². The lowest BCUT2D eigenvalue weighted by Gasteiger charge is -2.23. The first-order chi connectivity index (χ1) is 13.1. The van der Waals surface area contributed by atoms with Gasteiger partial charge in [0.2, 0.25) is 11.8 Å². The second-order valence-electron chi connectivity index (χ2n) is 8.24. The molecule has 0 fully saturated rings. The molecule has 2 amide bonds. The van der Waals surface area contributed by atoms with Crippen molar-refractivity contribution in [3.05, 3.63) is 10.6 Å². The fourth-order valence-corrected chi connectivity index (χ4v) is 4.21. The van der Waals surface area contributed by atoms with Crippen molar-refractivity contribution in [2.45, 2.75) is 84.3 Å². The number of rotatable bonds is 9. The lowest BCUT2D eigenvalue weighted by Crippen LogP contribution is -2.40. The summed E-state index contributed by atoms with van der Waals surface area (Å²) in [5.74, 6) is -0.780. The van der Waals surface area contributed by atoms with E-state index in [9.17, 15) is 19.5 Å². The van der Waals surface area contributed by atoms with E-state index in [4.69, 9.17) is 0 Å². The van der Waals surface area contributed by atoms with Crippen LogP contribution in [0.15, 0.2) is 0 Å². The summed E-state index contributed by atoms with van der Waals surface area (Å²) in [5, 5.41) is 15.9. The molecule has 0 saturated carbocycles. The summed E-state index contributed by atoms with van der Waals surface area (Å²) in [7, 11) is 0.